The average Bonchev–Trinajstić information content (AvgIpc) is 2.47. The van der Waals surface area contributed by atoms with Crippen molar-refractivity contribution in [2.24, 2.45) is 0 Å². The van der Waals surface area contributed by atoms with Crippen molar-refractivity contribution in [3.05, 3.63) is 45.7 Å². The Hall–Kier alpha value is -2.41. The standard InChI is InChI=1S/C14H16ClN5O2/c1-3-9(2)18-13-12(20(21)22)14(17-8-16-13)19-11-6-4-5-10(15)7-11/h4-9H,3H2,1-2H3,(H2,16,17,18,19). The highest BCUT2D eigenvalue weighted by atomic mass is 35.5. The van der Waals surface area contributed by atoms with Gasteiger partial charge in [0.25, 0.3) is 0 Å². The molecule has 8 heteroatoms. The molecule has 22 heavy (non-hydrogen) atoms. The molecule has 2 rings (SSSR count). The first-order chi connectivity index (χ1) is 10.5. The first kappa shape index (κ1) is 16.0. The van der Waals surface area contributed by atoms with Gasteiger partial charge in [-0.2, -0.15) is 0 Å². The Balaban J connectivity index is 2.38. The third-order valence-electron chi connectivity index (χ3n) is 3.09. The molecule has 2 N–H and O–H groups in total. The minimum atomic E-state index is -0.502. The van der Waals surface area contributed by atoms with Gasteiger partial charge < -0.3 is 10.6 Å². The van der Waals surface area contributed by atoms with E-state index < -0.39 is 4.92 Å². The number of aromatic nitrogens is 2. The fraction of sp³-hybridized carbons (Fsp3) is 0.286. The molecule has 1 aromatic heterocycles. The minimum Gasteiger partial charge on any atom is -0.362 e. The summed E-state index contributed by atoms with van der Waals surface area (Å²) in [6.07, 6.45) is 2.10. The maximum Gasteiger partial charge on any atom is 0.353 e. The van der Waals surface area contributed by atoms with Crippen LogP contribution in [0.3, 0.4) is 0 Å². The van der Waals surface area contributed by atoms with E-state index in [1.54, 1.807) is 24.3 Å². The fourth-order valence-corrected chi connectivity index (χ4v) is 1.98. The molecule has 2 aromatic rings. The lowest BCUT2D eigenvalue weighted by molar-refractivity contribution is -0.383. The molecule has 0 radical (unpaired) electrons. The van der Waals surface area contributed by atoms with E-state index in [4.69, 9.17) is 11.6 Å². The molecule has 0 aliphatic carbocycles. The van der Waals surface area contributed by atoms with Crippen molar-refractivity contribution in [1.82, 2.24) is 9.97 Å². The van der Waals surface area contributed by atoms with Gasteiger partial charge in [0.2, 0.25) is 11.6 Å². The quantitative estimate of drug-likeness (QED) is 0.617. The predicted molar refractivity (Wildman–Crippen MR) is 86.8 cm³/mol. The van der Waals surface area contributed by atoms with E-state index >= 15 is 0 Å². The van der Waals surface area contributed by atoms with E-state index in [9.17, 15) is 10.1 Å². The zero-order valence-corrected chi connectivity index (χ0v) is 13.0. The smallest absolute Gasteiger partial charge is 0.353 e. The molecule has 0 saturated carbocycles. The number of nitrogens with zero attached hydrogens (tertiary/aromatic N) is 3. The molecular formula is C14H16ClN5O2. The Bertz CT molecular complexity index is 680. The number of rotatable bonds is 6. The molecule has 1 unspecified atom stereocenters. The lowest BCUT2D eigenvalue weighted by Gasteiger charge is -2.13. The van der Waals surface area contributed by atoms with Gasteiger partial charge >= 0.3 is 5.69 Å². The van der Waals surface area contributed by atoms with Crippen LogP contribution in [0.5, 0.6) is 0 Å². The summed E-state index contributed by atoms with van der Waals surface area (Å²) in [4.78, 5) is 18.8. The molecule has 1 heterocycles. The normalized spacial score (nSPS) is 11.8. The van der Waals surface area contributed by atoms with Gasteiger partial charge in [0.1, 0.15) is 6.33 Å². The second-order valence-corrected chi connectivity index (χ2v) is 5.20. The van der Waals surface area contributed by atoms with E-state index in [0.29, 0.717) is 10.7 Å². The van der Waals surface area contributed by atoms with Crippen molar-refractivity contribution in [1.29, 1.82) is 0 Å². The Morgan fingerprint density at radius 2 is 2.09 bits per heavy atom. The van der Waals surface area contributed by atoms with Crippen molar-refractivity contribution in [2.75, 3.05) is 10.6 Å². The van der Waals surface area contributed by atoms with Gasteiger partial charge in [0, 0.05) is 16.8 Å². The monoisotopic (exact) mass is 321 g/mol. The van der Waals surface area contributed by atoms with E-state index in [1.165, 1.54) is 6.33 Å². The van der Waals surface area contributed by atoms with Gasteiger partial charge in [-0.1, -0.05) is 24.6 Å². The summed E-state index contributed by atoms with van der Waals surface area (Å²) >= 11 is 5.91. The molecule has 116 valence electrons. The highest BCUT2D eigenvalue weighted by Crippen LogP contribution is 2.32. The zero-order valence-electron chi connectivity index (χ0n) is 12.2. The van der Waals surface area contributed by atoms with Gasteiger partial charge in [-0.15, -0.1) is 0 Å². The summed E-state index contributed by atoms with van der Waals surface area (Å²) in [5.74, 6) is 0.312. The fourth-order valence-electron chi connectivity index (χ4n) is 1.79. The lowest BCUT2D eigenvalue weighted by Crippen LogP contribution is -2.16. The van der Waals surface area contributed by atoms with Crippen molar-refractivity contribution < 1.29 is 4.92 Å². The van der Waals surface area contributed by atoms with Crippen LogP contribution in [0.4, 0.5) is 23.0 Å². The molecule has 0 fully saturated rings. The molecule has 7 nitrogen and oxygen atoms in total. The molecule has 0 aliphatic heterocycles. The molecule has 1 aromatic carbocycles. The Morgan fingerprint density at radius 3 is 2.73 bits per heavy atom. The number of hydrogen-bond donors (Lipinski definition) is 2. The topological polar surface area (TPSA) is 93.0 Å². The largest absolute Gasteiger partial charge is 0.362 e. The van der Waals surface area contributed by atoms with Gasteiger partial charge in [0.05, 0.1) is 4.92 Å². The van der Waals surface area contributed by atoms with Crippen molar-refractivity contribution in [3.63, 3.8) is 0 Å². The van der Waals surface area contributed by atoms with Crippen LogP contribution >= 0.6 is 11.6 Å². The van der Waals surface area contributed by atoms with Crippen LogP contribution in [0.25, 0.3) is 0 Å². The van der Waals surface area contributed by atoms with Gasteiger partial charge in [-0.05, 0) is 31.5 Å². The van der Waals surface area contributed by atoms with Gasteiger partial charge in [0.15, 0.2) is 0 Å². The third kappa shape index (κ3) is 3.82. The number of hydrogen-bond acceptors (Lipinski definition) is 6. The van der Waals surface area contributed by atoms with Crippen LogP contribution in [0.15, 0.2) is 30.6 Å². The van der Waals surface area contributed by atoms with Crippen LogP contribution in [0.2, 0.25) is 5.02 Å². The van der Waals surface area contributed by atoms with Crippen LogP contribution < -0.4 is 10.6 Å². The second-order valence-electron chi connectivity index (χ2n) is 4.77. The highest BCUT2D eigenvalue weighted by Gasteiger charge is 2.23. The molecule has 0 aliphatic rings. The lowest BCUT2D eigenvalue weighted by atomic mass is 10.2. The SMILES string of the molecule is CCC(C)Nc1ncnc(Nc2cccc(Cl)c2)c1[N+](=O)[O-]. The minimum absolute atomic E-state index is 0.0626. The summed E-state index contributed by atoms with van der Waals surface area (Å²) in [7, 11) is 0. The molecule has 1 atom stereocenters. The van der Waals surface area contributed by atoms with Crippen molar-refractivity contribution >= 4 is 34.6 Å². The van der Waals surface area contributed by atoms with Crippen LogP contribution in [-0.2, 0) is 0 Å². The second kappa shape index (κ2) is 7.04. The Labute approximate surface area is 132 Å². The molecule has 0 saturated heterocycles. The Kier molecular flexibility index (Phi) is 5.11. The molecular weight excluding hydrogens is 306 g/mol. The number of nitrogens with one attached hydrogen (secondary N) is 2. The number of anilines is 3. The number of benzene rings is 1. The van der Waals surface area contributed by atoms with Crippen molar-refractivity contribution in [3.8, 4) is 0 Å². The molecule has 0 bridgehead atoms. The number of nitro groups is 1. The van der Waals surface area contributed by atoms with E-state index in [2.05, 4.69) is 20.6 Å². The van der Waals surface area contributed by atoms with E-state index in [1.807, 2.05) is 13.8 Å². The zero-order chi connectivity index (χ0) is 16.1. The molecule has 0 amide bonds. The predicted octanol–water partition coefficient (Wildman–Crippen LogP) is 3.99. The number of halogens is 1. The summed E-state index contributed by atoms with van der Waals surface area (Å²) in [6, 6.07) is 6.94. The summed E-state index contributed by atoms with van der Waals surface area (Å²) in [5.41, 5.74) is 0.423. The average molecular weight is 322 g/mol. The van der Waals surface area contributed by atoms with Crippen LogP contribution in [-0.4, -0.2) is 20.9 Å². The summed E-state index contributed by atoms with van der Waals surface area (Å²) < 4.78 is 0. The molecule has 0 spiro atoms. The summed E-state index contributed by atoms with van der Waals surface area (Å²) in [6.45, 7) is 3.91. The highest BCUT2D eigenvalue weighted by molar-refractivity contribution is 6.30. The first-order valence-corrected chi connectivity index (χ1v) is 7.17. The summed E-state index contributed by atoms with van der Waals surface area (Å²) in [5, 5.41) is 17.8. The third-order valence-corrected chi connectivity index (χ3v) is 3.32. The van der Waals surface area contributed by atoms with Gasteiger partial charge in [-0.3, -0.25) is 10.1 Å². The van der Waals surface area contributed by atoms with Crippen LogP contribution in [0, 0.1) is 10.1 Å². The van der Waals surface area contributed by atoms with Crippen LogP contribution in [0.1, 0.15) is 20.3 Å². The van der Waals surface area contributed by atoms with Crippen molar-refractivity contribution in [2.45, 2.75) is 26.3 Å². The van der Waals surface area contributed by atoms with Gasteiger partial charge in [-0.25, -0.2) is 9.97 Å². The maximum absolute atomic E-state index is 11.4. The Morgan fingerprint density at radius 1 is 1.36 bits per heavy atom. The first-order valence-electron chi connectivity index (χ1n) is 6.79. The van der Waals surface area contributed by atoms with E-state index in [-0.39, 0.29) is 23.4 Å². The maximum atomic E-state index is 11.4. The van der Waals surface area contributed by atoms with E-state index in [0.717, 1.165) is 6.42 Å².